The number of carbonyl (C=O) groups is 1. The Kier molecular flexibility index (Phi) is 5.10. The lowest BCUT2D eigenvalue weighted by Gasteiger charge is -2.06. The van der Waals surface area contributed by atoms with E-state index in [1.165, 1.54) is 17.4 Å². The first-order valence-corrected chi connectivity index (χ1v) is 9.63. The molecule has 2 aromatic carbocycles. The molecule has 140 valence electrons. The lowest BCUT2D eigenvalue weighted by molar-refractivity contribution is -0.111. The molecule has 6 nitrogen and oxygen atoms in total. The number of nitrogens with zero attached hydrogens (tertiary/aromatic N) is 3. The molecular weight excluding hydrogens is 396 g/mol. The Morgan fingerprint density at radius 3 is 2.82 bits per heavy atom. The van der Waals surface area contributed by atoms with Gasteiger partial charge in [-0.15, -0.1) is 16.4 Å². The number of benzene rings is 2. The van der Waals surface area contributed by atoms with Crippen LogP contribution in [0, 0.1) is 0 Å². The van der Waals surface area contributed by atoms with Gasteiger partial charge in [-0.2, -0.15) is 4.98 Å². The molecule has 8 heteroatoms. The van der Waals surface area contributed by atoms with Crippen LogP contribution < -0.4 is 10.1 Å². The van der Waals surface area contributed by atoms with Crippen LogP contribution in [0.2, 0.25) is 5.02 Å². The number of fused-ring (bicyclic) bond motifs is 1. The number of thiazole rings is 1. The second-order valence-corrected chi connectivity index (χ2v) is 7.04. The number of methoxy groups -OCH3 is 1. The Bertz CT molecular complexity index is 1180. The summed E-state index contributed by atoms with van der Waals surface area (Å²) in [6.45, 7) is 0. The summed E-state index contributed by atoms with van der Waals surface area (Å²) < 4.78 is 7.12. The molecule has 0 fully saturated rings. The van der Waals surface area contributed by atoms with Crippen molar-refractivity contribution >= 4 is 45.8 Å². The number of aromatic nitrogens is 3. The fraction of sp³-hybridized carbons (Fsp3) is 0.0500. The van der Waals surface area contributed by atoms with Gasteiger partial charge >= 0.3 is 0 Å². The number of amides is 1. The summed E-state index contributed by atoms with van der Waals surface area (Å²) >= 11 is 7.52. The summed E-state index contributed by atoms with van der Waals surface area (Å²) in [7, 11) is 1.63. The predicted molar refractivity (Wildman–Crippen MR) is 112 cm³/mol. The molecule has 4 aromatic rings. The average molecular weight is 411 g/mol. The highest BCUT2D eigenvalue weighted by Gasteiger charge is 2.15. The third kappa shape index (κ3) is 3.62. The molecule has 2 aromatic heterocycles. The number of hydrogen-bond acceptors (Lipinski definition) is 5. The van der Waals surface area contributed by atoms with Crippen LogP contribution in [0.15, 0.2) is 60.0 Å². The van der Waals surface area contributed by atoms with E-state index >= 15 is 0 Å². The maximum Gasteiger partial charge on any atom is 0.250 e. The molecule has 1 N–H and O–H groups in total. The molecule has 0 aliphatic carbocycles. The molecule has 0 saturated heterocycles. The van der Waals surface area contributed by atoms with Gasteiger partial charge in [0.1, 0.15) is 5.75 Å². The third-order valence-electron chi connectivity index (χ3n) is 4.02. The number of anilines is 1. The van der Waals surface area contributed by atoms with Crippen LogP contribution in [0.5, 0.6) is 5.75 Å². The van der Waals surface area contributed by atoms with Gasteiger partial charge in [-0.05, 0) is 29.8 Å². The minimum absolute atomic E-state index is 0.233. The van der Waals surface area contributed by atoms with Crippen molar-refractivity contribution in [3.63, 3.8) is 0 Å². The molecule has 1 amide bonds. The SMILES string of the molecule is COc1ccccc1-c1csc2nc(NC(=O)/C=C/c3ccccc3Cl)nn12. The Labute approximate surface area is 170 Å². The Morgan fingerprint density at radius 2 is 2.00 bits per heavy atom. The van der Waals surface area contributed by atoms with Gasteiger partial charge in [0.2, 0.25) is 4.96 Å². The van der Waals surface area contributed by atoms with Crippen molar-refractivity contribution in [2.24, 2.45) is 0 Å². The van der Waals surface area contributed by atoms with Crippen molar-refractivity contribution in [3.8, 4) is 17.0 Å². The first kappa shape index (κ1) is 18.2. The number of para-hydroxylation sites is 1. The molecule has 0 spiro atoms. The highest BCUT2D eigenvalue weighted by Crippen LogP contribution is 2.32. The van der Waals surface area contributed by atoms with Gasteiger partial charge in [-0.3, -0.25) is 10.1 Å². The van der Waals surface area contributed by atoms with E-state index < -0.39 is 0 Å². The van der Waals surface area contributed by atoms with Gasteiger partial charge in [-0.1, -0.05) is 41.9 Å². The van der Waals surface area contributed by atoms with Crippen LogP contribution in [0.25, 0.3) is 22.3 Å². The molecule has 0 radical (unpaired) electrons. The molecule has 0 bridgehead atoms. The molecule has 0 aliphatic rings. The zero-order chi connectivity index (χ0) is 19.5. The van der Waals surface area contributed by atoms with Gasteiger partial charge in [0.15, 0.2) is 0 Å². The van der Waals surface area contributed by atoms with E-state index in [9.17, 15) is 4.79 Å². The van der Waals surface area contributed by atoms with Crippen molar-refractivity contribution < 1.29 is 9.53 Å². The number of nitrogens with one attached hydrogen (secondary N) is 1. The Balaban J connectivity index is 1.57. The summed E-state index contributed by atoms with van der Waals surface area (Å²) in [5, 5.41) is 9.62. The van der Waals surface area contributed by atoms with E-state index in [2.05, 4.69) is 15.4 Å². The molecule has 4 rings (SSSR count). The van der Waals surface area contributed by atoms with Crippen LogP contribution in [-0.4, -0.2) is 27.6 Å². The van der Waals surface area contributed by atoms with Crippen molar-refractivity contribution in [1.82, 2.24) is 14.6 Å². The first-order chi connectivity index (χ1) is 13.7. The van der Waals surface area contributed by atoms with E-state index in [4.69, 9.17) is 16.3 Å². The first-order valence-electron chi connectivity index (χ1n) is 8.37. The number of ether oxygens (including phenoxy) is 1. The van der Waals surface area contributed by atoms with Gasteiger partial charge < -0.3 is 4.74 Å². The number of rotatable bonds is 5. The maximum absolute atomic E-state index is 12.2. The van der Waals surface area contributed by atoms with Crippen LogP contribution in [0.4, 0.5) is 5.95 Å². The molecule has 28 heavy (non-hydrogen) atoms. The molecule has 0 atom stereocenters. The fourth-order valence-electron chi connectivity index (χ4n) is 2.70. The Hall–Kier alpha value is -3.16. The van der Waals surface area contributed by atoms with Gasteiger partial charge in [0.05, 0.1) is 12.8 Å². The second-order valence-electron chi connectivity index (χ2n) is 5.80. The monoisotopic (exact) mass is 410 g/mol. The second kappa shape index (κ2) is 7.84. The summed E-state index contributed by atoms with van der Waals surface area (Å²) in [5.41, 5.74) is 2.51. The zero-order valence-electron chi connectivity index (χ0n) is 14.8. The van der Waals surface area contributed by atoms with Crippen molar-refractivity contribution in [2.75, 3.05) is 12.4 Å². The lowest BCUT2D eigenvalue weighted by atomic mass is 10.1. The van der Waals surface area contributed by atoms with Gasteiger partial charge in [0.25, 0.3) is 11.9 Å². The van der Waals surface area contributed by atoms with E-state index in [1.807, 2.05) is 47.8 Å². The minimum atomic E-state index is -0.336. The van der Waals surface area contributed by atoms with E-state index in [1.54, 1.807) is 23.8 Å². The molecule has 2 heterocycles. The summed E-state index contributed by atoms with van der Waals surface area (Å²) in [4.78, 5) is 17.2. The summed E-state index contributed by atoms with van der Waals surface area (Å²) in [6, 6.07) is 15.0. The van der Waals surface area contributed by atoms with Gasteiger partial charge in [0, 0.05) is 22.0 Å². The number of carbonyl (C=O) groups excluding carboxylic acids is 1. The predicted octanol–water partition coefficient (Wildman–Crippen LogP) is 4.77. The summed E-state index contributed by atoms with van der Waals surface area (Å²) in [5.74, 6) is 0.639. The molecular formula is C20H15ClN4O2S. The minimum Gasteiger partial charge on any atom is -0.496 e. The van der Waals surface area contributed by atoms with Crippen molar-refractivity contribution in [3.05, 3.63) is 70.6 Å². The number of hydrogen-bond donors (Lipinski definition) is 1. The quantitative estimate of drug-likeness (QED) is 0.481. The molecule has 0 saturated carbocycles. The van der Waals surface area contributed by atoms with Gasteiger partial charge in [-0.25, -0.2) is 4.52 Å². The smallest absolute Gasteiger partial charge is 0.250 e. The highest BCUT2D eigenvalue weighted by atomic mass is 35.5. The largest absolute Gasteiger partial charge is 0.496 e. The number of halogens is 1. The third-order valence-corrected chi connectivity index (χ3v) is 5.18. The highest BCUT2D eigenvalue weighted by molar-refractivity contribution is 7.15. The molecule has 0 unspecified atom stereocenters. The normalized spacial score (nSPS) is 11.2. The van der Waals surface area contributed by atoms with Crippen LogP contribution >= 0.6 is 22.9 Å². The van der Waals surface area contributed by atoms with Crippen LogP contribution in [0.3, 0.4) is 0 Å². The van der Waals surface area contributed by atoms with E-state index in [0.717, 1.165) is 22.6 Å². The fourth-order valence-corrected chi connectivity index (χ4v) is 3.72. The lowest BCUT2D eigenvalue weighted by Crippen LogP contribution is -2.09. The zero-order valence-corrected chi connectivity index (χ0v) is 16.4. The van der Waals surface area contributed by atoms with Crippen molar-refractivity contribution in [1.29, 1.82) is 0 Å². The van der Waals surface area contributed by atoms with Crippen LogP contribution in [0.1, 0.15) is 5.56 Å². The van der Waals surface area contributed by atoms with E-state index in [0.29, 0.717) is 9.98 Å². The Morgan fingerprint density at radius 1 is 1.21 bits per heavy atom. The summed E-state index contributed by atoms with van der Waals surface area (Å²) in [6.07, 6.45) is 3.05. The molecule has 0 aliphatic heterocycles. The maximum atomic E-state index is 12.2. The van der Waals surface area contributed by atoms with Crippen LogP contribution in [-0.2, 0) is 4.79 Å². The topological polar surface area (TPSA) is 68.5 Å². The average Bonchev–Trinajstić information content (AvgIpc) is 3.27. The van der Waals surface area contributed by atoms with E-state index in [-0.39, 0.29) is 11.9 Å². The standard InChI is InChI=1S/C20H15ClN4O2S/c1-27-17-9-5-3-7-14(17)16-12-28-20-23-19(24-25(16)20)22-18(26)11-10-13-6-2-4-8-15(13)21/h2-12H,1H3,(H,22,24,26)/b11-10+. The van der Waals surface area contributed by atoms with Crippen molar-refractivity contribution in [2.45, 2.75) is 0 Å².